The second-order valence-corrected chi connectivity index (χ2v) is 1.67. The van der Waals surface area contributed by atoms with Crippen molar-refractivity contribution in [1.29, 1.82) is 0 Å². The first-order valence-electron chi connectivity index (χ1n) is 2.68. The van der Waals surface area contributed by atoms with Gasteiger partial charge in [-0.15, -0.1) is 0 Å². The van der Waals surface area contributed by atoms with Crippen molar-refractivity contribution in [3.63, 3.8) is 0 Å². The number of hydrogen-bond donors (Lipinski definition) is 0. The van der Waals surface area contributed by atoms with Crippen LogP contribution in [0.25, 0.3) is 0 Å². The number of nitrogens with zero attached hydrogens (tertiary/aromatic N) is 1. The van der Waals surface area contributed by atoms with Crippen LogP contribution in [0.3, 0.4) is 0 Å². The molecule has 0 aromatic carbocycles. The fraction of sp³-hybridized carbons (Fsp3) is 0.286. The van der Waals surface area contributed by atoms with Gasteiger partial charge >= 0.3 is 0 Å². The average Bonchev–Trinajstić information content (AvgIpc) is 1.83. The first-order chi connectivity index (χ1) is 4.16. The van der Waals surface area contributed by atoms with Gasteiger partial charge < -0.3 is 0 Å². The number of hydrogen-bond acceptors (Lipinski definition) is 1. The van der Waals surface area contributed by atoms with E-state index in [9.17, 15) is 4.39 Å². The molecule has 0 radical (unpaired) electrons. The van der Waals surface area contributed by atoms with Gasteiger partial charge in [-0.2, -0.15) is 0 Å². The fourth-order valence-electron chi connectivity index (χ4n) is 0.246. The summed E-state index contributed by atoms with van der Waals surface area (Å²) in [5.74, 6) is -0.335. The maximum atomic E-state index is 12.2. The lowest BCUT2D eigenvalue weighted by Gasteiger charge is -1.83. The lowest BCUT2D eigenvalue weighted by molar-refractivity contribution is 0.684. The SMILES string of the molecule is C=C(C)N=C/C(F)=C\C. The molecule has 0 aliphatic heterocycles. The Morgan fingerprint density at radius 3 is 2.56 bits per heavy atom. The molecule has 1 nitrogen and oxygen atoms in total. The standard InChI is InChI=1S/C7H10FN/c1-4-7(8)5-9-6(2)3/h4-5H,2H2,1,3H3/b7-4+,9-5?. The molecule has 0 amide bonds. The molecule has 0 saturated heterocycles. The molecule has 50 valence electrons. The molecule has 0 aliphatic carbocycles. The van der Waals surface area contributed by atoms with Gasteiger partial charge in [-0.1, -0.05) is 12.7 Å². The van der Waals surface area contributed by atoms with E-state index >= 15 is 0 Å². The molecule has 0 saturated carbocycles. The summed E-state index contributed by atoms with van der Waals surface area (Å²) in [5.41, 5.74) is 0.604. The van der Waals surface area contributed by atoms with Crippen LogP contribution in [0.4, 0.5) is 4.39 Å². The van der Waals surface area contributed by atoms with Crippen molar-refractivity contribution in [3.8, 4) is 0 Å². The maximum Gasteiger partial charge on any atom is 0.137 e. The Morgan fingerprint density at radius 1 is 1.67 bits per heavy atom. The van der Waals surface area contributed by atoms with E-state index in [0.717, 1.165) is 6.21 Å². The summed E-state index contributed by atoms with van der Waals surface area (Å²) in [4.78, 5) is 3.63. The lowest BCUT2D eigenvalue weighted by atomic mass is 10.5. The highest BCUT2D eigenvalue weighted by atomic mass is 19.1. The first-order valence-corrected chi connectivity index (χ1v) is 2.68. The Hall–Kier alpha value is -0.920. The molecule has 0 heterocycles. The molecule has 0 N–H and O–H groups in total. The van der Waals surface area contributed by atoms with Crippen molar-refractivity contribution in [2.24, 2.45) is 4.99 Å². The topological polar surface area (TPSA) is 12.4 Å². The monoisotopic (exact) mass is 127 g/mol. The third-order valence-electron chi connectivity index (χ3n) is 0.684. The lowest BCUT2D eigenvalue weighted by Crippen LogP contribution is -1.73. The molecule has 0 aliphatic rings. The molecule has 0 spiro atoms. The Labute approximate surface area is 54.6 Å². The number of aliphatic imine (C=N–C) groups is 1. The second kappa shape index (κ2) is 4.01. The summed E-state index contributed by atoms with van der Waals surface area (Å²) >= 11 is 0. The van der Waals surface area contributed by atoms with E-state index in [0.29, 0.717) is 5.70 Å². The van der Waals surface area contributed by atoms with Crippen LogP contribution in [0.2, 0.25) is 0 Å². The van der Waals surface area contributed by atoms with E-state index in [1.165, 1.54) is 6.08 Å². The second-order valence-electron chi connectivity index (χ2n) is 1.67. The molecule has 9 heavy (non-hydrogen) atoms. The normalized spacial score (nSPS) is 12.6. The number of halogens is 1. The zero-order valence-electron chi connectivity index (χ0n) is 5.69. The third-order valence-corrected chi connectivity index (χ3v) is 0.684. The van der Waals surface area contributed by atoms with Crippen molar-refractivity contribution >= 4 is 6.21 Å². The predicted octanol–water partition coefficient (Wildman–Crippen LogP) is 2.46. The first kappa shape index (κ1) is 8.08. The van der Waals surface area contributed by atoms with Crippen molar-refractivity contribution in [1.82, 2.24) is 0 Å². The van der Waals surface area contributed by atoms with Crippen LogP contribution < -0.4 is 0 Å². The van der Waals surface area contributed by atoms with Gasteiger partial charge in [0.25, 0.3) is 0 Å². The van der Waals surface area contributed by atoms with Gasteiger partial charge in [-0.25, -0.2) is 4.39 Å². The van der Waals surface area contributed by atoms with E-state index in [1.54, 1.807) is 13.8 Å². The molecule has 0 unspecified atom stereocenters. The largest absolute Gasteiger partial charge is 0.259 e. The minimum absolute atomic E-state index is 0.335. The summed E-state index contributed by atoms with van der Waals surface area (Å²) in [6, 6.07) is 0. The molecule has 2 heteroatoms. The molecule has 0 bridgehead atoms. The van der Waals surface area contributed by atoms with Crippen molar-refractivity contribution < 1.29 is 4.39 Å². The maximum absolute atomic E-state index is 12.2. The highest BCUT2D eigenvalue weighted by Gasteiger charge is 1.81. The van der Waals surface area contributed by atoms with Crippen molar-refractivity contribution in [2.45, 2.75) is 13.8 Å². The van der Waals surface area contributed by atoms with Gasteiger partial charge in [-0.05, 0) is 13.8 Å². The van der Waals surface area contributed by atoms with Gasteiger partial charge in [0.1, 0.15) is 5.83 Å². The molecule has 0 aromatic rings. The fourth-order valence-corrected chi connectivity index (χ4v) is 0.246. The van der Waals surface area contributed by atoms with E-state index in [4.69, 9.17) is 0 Å². The Morgan fingerprint density at radius 2 is 2.22 bits per heavy atom. The van der Waals surface area contributed by atoms with Crippen LogP contribution in [0, 0.1) is 0 Å². The minimum atomic E-state index is -0.335. The number of allylic oxidation sites excluding steroid dienone is 3. The molecule has 0 aromatic heterocycles. The van der Waals surface area contributed by atoms with E-state index in [1.807, 2.05) is 0 Å². The number of rotatable bonds is 2. The Bertz CT molecular complexity index is 156. The van der Waals surface area contributed by atoms with Gasteiger partial charge in [0.2, 0.25) is 0 Å². The van der Waals surface area contributed by atoms with Crippen molar-refractivity contribution in [2.75, 3.05) is 0 Å². The molecular formula is C7H10FN. The Kier molecular flexibility index (Phi) is 3.60. The molecule has 0 atom stereocenters. The summed E-state index contributed by atoms with van der Waals surface area (Å²) in [6.07, 6.45) is 2.48. The van der Waals surface area contributed by atoms with E-state index in [2.05, 4.69) is 11.6 Å². The summed E-state index contributed by atoms with van der Waals surface area (Å²) < 4.78 is 12.2. The van der Waals surface area contributed by atoms with Crippen LogP contribution >= 0.6 is 0 Å². The van der Waals surface area contributed by atoms with Crippen LogP contribution in [0.1, 0.15) is 13.8 Å². The quantitative estimate of drug-likeness (QED) is 0.505. The third kappa shape index (κ3) is 4.94. The molecule has 0 rings (SSSR count). The van der Waals surface area contributed by atoms with Crippen LogP contribution in [0.5, 0.6) is 0 Å². The Balaban J connectivity index is 3.86. The van der Waals surface area contributed by atoms with Crippen molar-refractivity contribution in [3.05, 3.63) is 24.2 Å². The highest BCUT2D eigenvalue weighted by molar-refractivity contribution is 5.76. The van der Waals surface area contributed by atoms with Gasteiger partial charge in [0.05, 0.1) is 6.21 Å². The van der Waals surface area contributed by atoms with E-state index < -0.39 is 0 Å². The zero-order valence-corrected chi connectivity index (χ0v) is 5.69. The van der Waals surface area contributed by atoms with Crippen LogP contribution in [-0.2, 0) is 0 Å². The average molecular weight is 127 g/mol. The van der Waals surface area contributed by atoms with Gasteiger partial charge in [-0.3, -0.25) is 4.99 Å². The van der Waals surface area contributed by atoms with Gasteiger partial charge in [0.15, 0.2) is 0 Å². The van der Waals surface area contributed by atoms with Gasteiger partial charge in [0, 0.05) is 5.70 Å². The molecule has 0 fully saturated rings. The predicted molar refractivity (Wildman–Crippen MR) is 38.2 cm³/mol. The summed E-state index contributed by atoms with van der Waals surface area (Å²) in [7, 11) is 0. The smallest absolute Gasteiger partial charge is 0.137 e. The summed E-state index contributed by atoms with van der Waals surface area (Å²) in [6.45, 7) is 6.79. The zero-order chi connectivity index (χ0) is 7.28. The summed E-state index contributed by atoms with van der Waals surface area (Å²) in [5, 5.41) is 0. The van der Waals surface area contributed by atoms with E-state index in [-0.39, 0.29) is 5.83 Å². The van der Waals surface area contributed by atoms with Crippen LogP contribution in [-0.4, -0.2) is 6.21 Å². The highest BCUT2D eigenvalue weighted by Crippen LogP contribution is 1.93. The minimum Gasteiger partial charge on any atom is -0.259 e. The van der Waals surface area contributed by atoms with Crippen LogP contribution in [0.15, 0.2) is 29.2 Å². The molecular weight excluding hydrogens is 117 g/mol.